The third-order valence-corrected chi connectivity index (χ3v) is 4.08. The molecule has 0 unspecified atom stereocenters. The fourth-order valence-corrected chi connectivity index (χ4v) is 2.79. The highest BCUT2D eigenvalue weighted by Gasteiger charge is 2.38. The number of non-ortho nitro benzene ring substituents is 1. The second-order valence-electron chi connectivity index (χ2n) is 6.21. The Bertz CT molecular complexity index is 898. The number of carbonyl (C=O) groups excluding carboxylic acids is 1. The Morgan fingerprint density at radius 2 is 1.96 bits per heavy atom. The van der Waals surface area contributed by atoms with Crippen LogP contribution in [0.1, 0.15) is 29.8 Å². The van der Waals surface area contributed by atoms with Crippen LogP contribution in [0.15, 0.2) is 48.0 Å². The van der Waals surface area contributed by atoms with Gasteiger partial charge in [-0.15, -0.1) is 0 Å². The van der Waals surface area contributed by atoms with Gasteiger partial charge >= 0.3 is 0 Å². The average molecular weight is 339 g/mol. The minimum atomic E-state index is -0.858. The van der Waals surface area contributed by atoms with Crippen LogP contribution in [0.5, 0.6) is 11.5 Å². The molecule has 0 spiro atoms. The van der Waals surface area contributed by atoms with Crippen molar-refractivity contribution >= 4 is 17.5 Å². The number of methoxy groups -OCH3 is 1. The predicted octanol–water partition coefficient (Wildman–Crippen LogP) is 4.04. The number of carbonyl (C=O) groups is 1. The Balaban J connectivity index is 2.10. The van der Waals surface area contributed by atoms with Gasteiger partial charge in [0.2, 0.25) is 0 Å². The number of nitro groups is 1. The van der Waals surface area contributed by atoms with Gasteiger partial charge in [0.05, 0.1) is 17.6 Å². The van der Waals surface area contributed by atoms with Crippen LogP contribution < -0.4 is 9.47 Å². The van der Waals surface area contributed by atoms with Gasteiger partial charge in [-0.2, -0.15) is 0 Å². The van der Waals surface area contributed by atoms with E-state index in [1.807, 2.05) is 0 Å². The lowest BCUT2D eigenvalue weighted by Crippen LogP contribution is -2.38. The molecule has 1 aliphatic heterocycles. The molecule has 1 aliphatic rings. The third kappa shape index (κ3) is 3.10. The molecule has 0 bridgehead atoms. The fourth-order valence-electron chi connectivity index (χ4n) is 2.79. The van der Waals surface area contributed by atoms with Crippen LogP contribution in [0.3, 0.4) is 0 Å². The zero-order valence-electron chi connectivity index (χ0n) is 14.1. The van der Waals surface area contributed by atoms with Gasteiger partial charge < -0.3 is 9.47 Å². The highest BCUT2D eigenvalue weighted by Crippen LogP contribution is 2.39. The summed E-state index contributed by atoms with van der Waals surface area (Å²) in [6, 6.07) is 11.2. The van der Waals surface area contributed by atoms with Gasteiger partial charge in [0.25, 0.3) is 5.69 Å². The van der Waals surface area contributed by atoms with E-state index in [0.29, 0.717) is 28.2 Å². The first-order valence-corrected chi connectivity index (χ1v) is 7.70. The topological polar surface area (TPSA) is 78.7 Å². The summed E-state index contributed by atoms with van der Waals surface area (Å²) in [4.78, 5) is 23.5. The molecule has 0 aliphatic carbocycles. The Morgan fingerprint density at radius 3 is 2.64 bits per heavy atom. The number of ether oxygens (including phenoxy) is 2. The maximum absolute atomic E-state index is 13.0. The standard InChI is InChI=1S/C19H17NO5/c1-19(2)16(10-12-5-4-6-13(9-12)20(22)23)18(21)15-11-14(24-3)7-8-17(15)25-19/h4-11H,1-3H3/b16-10+. The van der Waals surface area contributed by atoms with E-state index in [4.69, 9.17) is 9.47 Å². The molecular weight excluding hydrogens is 322 g/mol. The van der Waals surface area contributed by atoms with E-state index in [2.05, 4.69) is 0 Å². The second kappa shape index (κ2) is 6.05. The Morgan fingerprint density at radius 1 is 1.20 bits per heavy atom. The molecule has 2 aromatic carbocycles. The molecule has 0 fully saturated rings. The Hall–Kier alpha value is -3.15. The Labute approximate surface area is 144 Å². The summed E-state index contributed by atoms with van der Waals surface area (Å²) in [5, 5.41) is 11.0. The van der Waals surface area contributed by atoms with E-state index < -0.39 is 10.5 Å². The highest BCUT2D eigenvalue weighted by molar-refractivity contribution is 6.15. The zero-order valence-corrected chi connectivity index (χ0v) is 14.1. The molecule has 128 valence electrons. The monoisotopic (exact) mass is 339 g/mol. The van der Waals surface area contributed by atoms with Crippen molar-refractivity contribution in [1.29, 1.82) is 0 Å². The summed E-state index contributed by atoms with van der Waals surface area (Å²) in [7, 11) is 1.53. The van der Waals surface area contributed by atoms with Crippen LogP contribution in [0, 0.1) is 10.1 Å². The van der Waals surface area contributed by atoms with Crippen LogP contribution in [0.25, 0.3) is 6.08 Å². The minimum absolute atomic E-state index is 0.0293. The first-order valence-electron chi connectivity index (χ1n) is 7.70. The maximum atomic E-state index is 13.0. The smallest absolute Gasteiger partial charge is 0.270 e. The quantitative estimate of drug-likeness (QED) is 0.479. The Kier molecular flexibility index (Phi) is 4.04. The van der Waals surface area contributed by atoms with Gasteiger partial charge in [-0.3, -0.25) is 14.9 Å². The highest BCUT2D eigenvalue weighted by atomic mass is 16.6. The molecule has 0 saturated heterocycles. The lowest BCUT2D eigenvalue weighted by atomic mass is 9.85. The van der Waals surface area contributed by atoms with Gasteiger partial charge in [0.1, 0.15) is 17.1 Å². The van der Waals surface area contributed by atoms with Crippen LogP contribution in [0.4, 0.5) is 5.69 Å². The van der Waals surface area contributed by atoms with E-state index in [0.717, 1.165) is 0 Å². The summed E-state index contributed by atoms with van der Waals surface area (Å²) < 4.78 is 11.1. The SMILES string of the molecule is COc1ccc2c(c1)C(=O)/C(=C\c1cccc([N+](=O)[O-])c1)C(C)(C)O2. The van der Waals surface area contributed by atoms with Gasteiger partial charge in [-0.05, 0) is 43.7 Å². The molecule has 0 aromatic heterocycles. The summed E-state index contributed by atoms with van der Waals surface area (Å²) in [5.74, 6) is 0.869. The first kappa shape index (κ1) is 16.7. The minimum Gasteiger partial charge on any atom is -0.497 e. The number of Topliss-reactive ketones (excluding diaryl/α,β-unsaturated/α-hetero) is 1. The third-order valence-electron chi connectivity index (χ3n) is 4.08. The first-order chi connectivity index (χ1) is 11.8. The van der Waals surface area contributed by atoms with Crippen LogP contribution in [-0.2, 0) is 0 Å². The van der Waals surface area contributed by atoms with Gasteiger partial charge in [-0.25, -0.2) is 0 Å². The van der Waals surface area contributed by atoms with Crippen molar-refractivity contribution in [3.8, 4) is 11.5 Å². The van der Waals surface area contributed by atoms with Crippen molar-refractivity contribution in [3.63, 3.8) is 0 Å². The summed E-state index contributed by atoms with van der Waals surface area (Å²) >= 11 is 0. The molecule has 0 amide bonds. The van der Waals surface area contributed by atoms with Gasteiger partial charge in [0.15, 0.2) is 5.78 Å². The van der Waals surface area contributed by atoms with Crippen molar-refractivity contribution in [2.75, 3.05) is 7.11 Å². The number of ketones is 1. The summed E-state index contributed by atoms with van der Waals surface area (Å²) in [5.41, 5.74) is 0.520. The predicted molar refractivity (Wildman–Crippen MR) is 93.1 cm³/mol. The van der Waals surface area contributed by atoms with Crippen molar-refractivity contribution in [1.82, 2.24) is 0 Å². The molecule has 0 saturated carbocycles. The normalized spacial score (nSPS) is 16.9. The van der Waals surface area contributed by atoms with Crippen LogP contribution >= 0.6 is 0 Å². The molecule has 3 rings (SSSR count). The largest absolute Gasteiger partial charge is 0.497 e. The molecule has 0 N–H and O–H groups in total. The molecule has 1 heterocycles. The molecule has 0 atom stereocenters. The van der Waals surface area contributed by atoms with Gasteiger partial charge in [-0.1, -0.05) is 12.1 Å². The number of benzene rings is 2. The molecule has 6 heteroatoms. The van der Waals surface area contributed by atoms with Crippen molar-refractivity contribution in [3.05, 3.63) is 69.3 Å². The number of rotatable bonds is 3. The second-order valence-corrected chi connectivity index (χ2v) is 6.21. The van der Waals surface area contributed by atoms with Crippen LogP contribution in [-0.4, -0.2) is 23.4 Å². The van der Waals surface area contributed by atoms with Crippen molar-refractivity contribution in [2.24, 2.45) is 0 Å². The molecule has 2 aromatic rings. The summed E-state index contributed by atoms with van der Waals surface area (Å²) in [6.45, 7) is 3.59. The van der Waals surface area contributed by atoms with Gasteiger partial charge in [0, 0.05) is 17.7 Å². The molecule has 0 radical (unpaired) electrons. The molecule has 6 nitrogen and oxygen atoms in total. The zero-order chi connectivity index (χ0) is 18.2. The van der Waals surface area contributed by atoms with E-state index in [-0.39, 0.29) is 11.5 Å². The number of fused-ring (bicyclic) bond motifs is 1. The fraction of sp³-hybridized carbons (Fsp3) is 0.211. The number of hydrogen-bond acceptors (Lipinski definition) is 5. The lowest BCUT2D eigenvalue weighted by molar-refractivity contribution is -0.384. The average Bonchev–Trinajstić information content (AvgIpc) is 2.58. The summed E-state index contributed by atoms with van der Waals surface area (Å²) in [6.07, 6.45) is 1.64. The number of hydrogen-bond donors (Lipinski definition) is 0. The molecular formula is C19H17NO5. The van der Waals surface area contributed by atoms with Crippen molar-refractivity contribution in [2.45, 2.75) is 19.4 Å². The number of nitrogens with zero attached hydrogens (tertiary/aromatic N) is 1. The van der Waals surface area contributed by atoms with Crippen LogP contribution in [0.2, 0.25) is 0 Å². The van der Waals surface area contributed by atoms with Crippen molar-refractivity contribution < 1.29 is 19.2 Å². The van der Waals surface area contributed by atoms with E-state index in [1.54, 1.807) is 50.3 Å². The molecule has 25 heavy (non-hydrogen) atoms. The van der Waals surface area contributed by atoms with E-state index >= 15 is 0 Å². The lowest BCUT2D eigenvalue weighted by Gasteiger charge is -2.34. The van der Waals surface area contributed by atoms with E-state index in [9.17, 15) is 14.9 Å². The van der Waals surface area contributed by atoms with E-state index in [1.165, 1.54) is 19.2 Å². The number of nitro benzene ring substituents is 1. The maximum Gasteiger partial charge on any atom is 0.270 e.